The van der Waals surface area contributed by atoms with Crippen molar-refractivity contribution in [3.63, 3.8) is 0 Å². The second-order valence-electron chi connectivity index (χ2n) is 7.74. The maximum absolute atomic E-state index is 13.3. The number of allylic oxidation sites excluding steroid dienone is 1. The van der Waals surface area contributed by atoms with E-state index in [1.54, 1.807) is 49.9 Å². The van der Waals surface area contributed by atoms with Crippen LogP contribution in [-0.4, -0.2) is 42.6 Å². The van der Waals surface area contributed by atoms with Gasteiger partial charge >= 0.3 is 11.9 Å². The van der Waals surface area contributed by atoms with E-state index >= 15 is 0 Å². The summed E-state index contributed by atoms with van der Waals surface area (Å²) >= 11 is 1.65. The lowest BCUT2D eigenvalue weighted by Gasteiger charge is -2.31. The van der Waals surface area contributed by atoms with Crippen LogP contribution in [0.15, 0.2) is 77.1 Å². The van der Waals surface area contributed by atoms with Crippen molar-refractivity contribution in [2.45, 2.75) is 25.5 Å². The molecule has 0 aromatic heterocycles. The molecule has 2 aromatic carbocycles. The van der Waals surface area contributed by atoms with Crippen LogP contribution in [0.5, 0.6) is 0 Å². The lowest BCUT2D eigenvalue weighted by molar-refractivity contribution is -0.139. The number of nitrogens with one attached hydrogen (secondary N) is 1. The quantitative estimate of drug-likeness (QED) is 0.381. The Hall–Kier alpha value is -3.54. The number of aliphatic hydroxyl groups excluding tert-OH is 1. The molecule has 0 amide bonds. The minimum absolute atomic E-state index is 0.0908. The molecule has 0 saturated heterocycles. The molecule has 1 heterocycles. The van der Waals surface area contributed by atoms with Crippen molar-refractivity contribution in [2.75, 3.05) is 25.6 Å². The minimum atomic E-state index is -0.919. The monoisotopic (exact) mass is 492 g/mol. The molecular weight excluding hydrogens is 464 g/mol. The molecule has 1 aliphatic rings. The van der Waals surface area contributed by atoms with Gasteiger partial charge in [0.25, 0.3) is 0 Å². The van der Waals surface area contributed by atoms with Crippen LogP contribution in [0.1, 0.15) is 36.5 Å². The molecule has 7 nitrogen and oxygen atoms in total. The third-order valence-electron chi connectivity index (χ3n) is 5.48. The molecule has 0 radical (unpaired) electrons. The second kappa shape index (κ2) is 12.8. The van der Waals surface area contributed by atoms with Crippen LogP contribution in [0.2, 0.25) is 0 Å². The average Bonchev–Trinajstić information content (AvgIpc) is 2.88. The summed E-state index contributed by atoms with van der Waals surface area (Å²) in [6.45, 7) is 3.20. The number of nitriles is 1. The first-order chi connectivity index (χ1) is 17.0. The summed E-state index contributed by atoms with van der Waals surface area (Å²) in [5.41, 5.74) is 2.95. The highest BCUT2D eigenvalue weighted by Crippen LogP contribution is 2.40. The Kier molecular flexibility index (Phi) is 9.53. The third-order valence-corrected chi connectivity index (χ3v) is 6.48. The molecule has 3 rings (SSSR count). The normalized spacial score (nSPS) is 15.3. The fourth-order valence-corrected chi connectivity index (χ4v) is 4.71. The number of thioether (sulfide) groups is 1. The zero-order chi connectivity index (χ0) is 25.2. The highest BCUT2D eigenvalue weighted by atomic mass is 32.2. The van der Waals surface area contributed by atoms with Crippen LogP contribution in [0.4, 0.5) is 0 Å². The van der Waals surface area contributed by atoms with Crippen molar-refractivity contribution in [3.8, 4) is 6.07 Å². The number of hydrogen-bond donors (Lipinski definition) is 2. The van der Waals surface area contributed by atoms with E-state index in [9.17, 15) is 20.0 Å². The summed E-state index contributed by atoms with van der Waals surface area (Å²) < 4.78 is 10.8. The Morgan fingerprint density at radius 1 is 1.06 bits per heavy atom. The Morgan fingerprint density at radius 3 is 2.43 bits per heavy atom. The van der Waals surface area contributed by atoms with Crippen molar-refractivity contribution in [1.29, 1.82) is 5.26 Å². The van der Waals surface area contributed by atoms with Crippen LogP contribution >= 0.6 is 11.8 Å². The molecule has 35 heavy (non-hydrogen) atoms. The van der Waals surface area contributed by atoms with Gasteiger partial charge in [0.2, 0.25) is 0 Å². The number of dihydropyridines is 1. The molecular formula is C27H28N2O5S. The van der Waals surface area contributed by atoms with E-state index in [1.165, 1.54) is 5.56 Å². The molecule has 0 aliphatic carbocycles. The van der Waals surface area contributed by atoms with Gasteiger partial charge in [-0.05, 0) is 31.0 Å². The van der Waals surface area contributed by atoms with Gasteiger partial charge in [-0.3, -0.25) is 0 Å². The Labute approximate surface area is 209 Å². The van der Waals surface area contributed by atoms with Gasteiger partial charge in [-0.2, -0.15) is 17.0 Å². The molecule has 1 unspecified atom stereocenters. The Balaban J connectivity index is 1.86. The smallest absolute Gasteiger partial charge is 0.336 e. The molecule has 1 aliphatic heterocycles. The highest BCUT2D eigenvalue weighted by Gasteiger charge is 2.39. The number of nitrogens with zero attached hydrogens (tertiary/aromatic N) is 1. The van der Waals surface area contributed by atoms with Gasteiger partial charge in [0.1, 0.15) is 6.61 Å². The number of carbonyl (C=O) groups excluding carboxylic acids is 2. The maximum Gasteiger partial charge on any atom is 0.336 e. The Bertz CT molecular complexity index is 1170. The summed E-state index contributed by atoms with van der Waals surface area (Å²) in [5.74, 6) is -0.778. The summed E-state index contributed by atoms with van der Waals surface area (Å²) in [7, 11) is 0. The fraction of sp³-hybridized carbons (Fsp3) is 0.296. The molecule has 2 N–H and O–H groups in total. The lowest BCUT2D eigenvalue weighted by Crippen LogP contribution is -2.35. The zero-order valence-corrected chi connectivity index (χ0v) is 20.6. The van der Waals surface area contributed by atoms with Crippen LogP contribution in [0.3, 0.4) is 0 Å². The molecule has 1 atom stereocenters. The van der Waals surface area contributed by atoms with E-state index < -0.39 is 24.5 Å². The first kappa shape index (κ1) is 26.1. The van der Waals surface area contributed by atoms with Crippen LogP contribution in [-0.2, 0) is 24.8 Å². The zero-order valence-electron chi connectivity index (χ0n) is 19.7. The van der Waals surface area contributed by atoms with Crippen molar-refractivity contribution < 1.29 is 24.2 Å². The molecule has 2 aromatic rings. The topological polar surface area (TPSA) is 109 Å². The van der Waals surface area contributed by atoms with Gasteiger partial charge in [-0.1, -0.05) is 48.5 Å². The lowest BCUT2D eigenvalue weighted by atomic mass is 9.78. The first-order valence-electron chi connectivity index (χ1n) is 11.3. The molecule has 8 heteroatoms. The number of carbonyl (C=O) groups is 2. The van der Waals surface area contributed by atoms with Gasteiger partial charge in [-0.15, -0.1) is 0 Å². The standard InChI is InChI=1S/C27H28N2O5S/c1-3-33-27(32)25-22(16-30)29-18(2)23(24(25)21-12-8-7-11-20(21)15-28)26(31)34-13-14-35-17-19-9-5-4-6-10-19/h4-12,24,29-30H,3,13-14,16-17H2,1-2H3. The molecule has 0 saturated carbocycles. The number of aliphatic hydroxyl groups is 1. The van der Waals surface area contributed by atoms with Crippen LogP contribution in [0.25, 0.3) is 0 Å². The molecule has 0 fully saturated rings. The predicted molar refractivity (Wildman–Crippen MR) is 134 cm³/mol. The van der Waals surface area contributed by atoms with E-state index in [1.807, 2.05) is 30.3 Å². The highest BCUT2D eigenvalue weighted by molar-refractivity contribution is 7.98. The third kappa shape index (κ3) is 6.32. The van der Waals surface area contributed by atoms with E-state index in [-0.39, 0.29) is 30.1 Å². The number of esters is 2. The summed E-state index contributed by atoms with van der Waals surface area (Å²) in [4.78, 5) is 26.3. The fourth-order valence-electron chi connectivity index (χ4n) is 3.94. The van der Waals surface area contributed by atoms with E-state index in [0.29, 0.717) is 22.6 Å². The van der Waals surface area contributed by atoms with Gasteiger partial charge in [0.15, 0.2) is 0 Å². The van der Waals surface area contributed by atoms with Gasteiger partial charge < -0.3 is 19.9 Å². The van der Waals surface area contributed by atoms with Crippen molar-refractivity contribution in [1.82, 2.24) is 5.32 Å². The van der Waals surface area contributed by atoms with Crippen molar-refractivity contribution in [2.24, 2.45) is 0 Å². The maximum atomic E-state index is 13.3. The molecule has 0 bridgehead atoms. The largest absolute Gasteiger partial charge is 0.463 e. The molecule has 0 spiro atoms. The van der Waals surface area contributed by atoms with Gasteiger partial charge in [0, 0.05) is 17.2 Å². The number of ether oxygens (including phenoxy) is 2. The number of benzene rings is 2. The number of rotatable bonds is 10. The van der Waals surface area contributed by atoms with E-state index in [4.69, 9.17) is 9.47 Å². The average molecular weight is 493 g/mol. The van der Waals surface area contributed by atoms with Gasteiger partial charge in [0.05, 0.1) is 47.6 Å². The second-order valence-corrected chi connectivity index (χ2v) is 8.85. The summed E-state index contributed by atoms with van der Waals surface area (Å²) in [5, 5.41) is 22.6. The van der Waals surface area contributed by atoms with Gasteiger partial charge in [-0.25, -0.2) is 9.59 Å². The van der Waals surface area contributed by atoms with Crippen molar-refractivity contribution in [3.05, 3.63) is 93.8 Å². The summed E-state index contributed by atoms with van der Waals surface area (Å²) in [6.07, 6.45) is 0. The molecule has 182 valence electrons. The van der Waals surface area contributed by atoms with E-state index in [2.05, 4.69) is 11.4 Å². The first-order valence-corrected chi connectivity index (χ1v) is 12.4. The van der Waals surface area contributed by atoms with Crippen LogP contribution in [0, 0.1) is 11.3 Å². The van der Waals surface area contributed by atoms with Crippen LogP contribution < -0.4 is 5.32 Å². The summed E-state index contributed by atoms with van der Waals surface area (Å²) in [6, 6.07) is 18.9. The SMILES string of the molecule is CCOC(=O)C1=C(CO)NC(C)=C(C(=O)OCCSCc2ccccc2)C1c1ccccc1C#N. The number of hydrogen-bond acceptors (Lipinski definition) is 8. The minimum Gasteiger partial charge on any atom is -0.463 e. The Morgan fingerprint density at radius 2 is 1.74 bits per heavy atom. The van der Waals surface area contributed by atoms with Crippen molar-refractivity contribution >= 4 is 23.7 Å². The van der Waals surface area contributed by atoms with E-state index in [0.717, 1.165) is 5.75 Å². The predicted octanol–water partition coefficient (Wildman–Crippen LogP) is 3.81.